The molecule has 3 rings (SSSR count). The van der Waals surface area contributed by atoms with E-state index in [2.05, 4.69) is 17.2 Å². The first kappa shape index (κ1) is 11.5. The van der Waals surface area contributed by atoms with Gasteiger partial charge >= 0.3 is 0 Å². The predicted molar refractivity (Wildman–Crippen MR) is 70.4 cm³/mol. The number of rotatable bonds is 3. The fourth-order valence-corrected chi connectivity index (χ4v) is 2.77. The number of hydrogen-bond donors (Lipinski definition) is 1. The van der Waals surface area contributed by atoms with Crippen LogP contribution in [0.3, 0.4) is 0 Å². The maximum absolute atomic E-state index is 10.5. The summed E-state index contributed by atoms with van der Waals surface area (Å²) in [6.45, 7) is 2.82. The highest BCUT2D eigenvalue weighted by Gasteiger charge is 2.18. The van der Waals surface area contributed by atoms with Gasteiger partial charge in [-0.3, -0.25) is 4.68 Å². The SMILES string of the molecule is CCn1nccc1C(O)c1ccc2c(c1)CCC2. The summed E-state index contributed by atoms with van der Waals surface area (Å²) in [7, 11) is 0. The van der Waals surface area contributed by atoms with Crippen LogP contribution in [0.15, 0.2) is 30.5 Å². The lowest BCUT2D eigenvalue weighted by atomic mass is 10.0. The van der Waals surface area contributed by atoms with Crippen LogP contribution >= 0.6 is 0 Å². The quantitative estimate of drug-likeness (QED) is 0.898. The first-order chi connectivity index (χ1) is 8.79. The Morgan fingerprint density at radius 3 is 2.94 bits per heavy atom. The van der Waals surface area contributed by atoms with E-state index in [4.69, 9.17) is 0 Å². The van der Waals surface area contributed by atoms with Crippen molar-refractivity contribution >= 4 is 0 Å². The zero-order valence-corrected chi connectivity index (χ0v) is 10.6. The van der Waals surface area contributed by atoms with Gasteiger partial charge in [0.1, 0.15) is 6.10 Å². The minimum absolute atomic E-state index is 0.571. The van der Waals surface area contributed by atoms with Gasteiger partial charge in [-0.2, -0.15) is 5.10 Å². The van der Waals surface area contributed by atoms with Crippen LogP contribution in [0.4, 0.5) is 0 Å². The molecule has 0 fully saturated rings. The summed E-state index contributed by atoms with van der Waals surface area (Å²) in [5.41, 5.74) is 4.69. The smallest absolute Gasteiger partial charge is 0.121 e. The van der Waals surface area contributed by atoms with Crippen molar-refractivity contribution in [1.82, 2.24) is 9.78 Å². The lowest BCUT2D eigenvalue weighted by molar-refractivity contribution is 0.208. The van der Waals surface area contributed by atoms with Crippen molar-refractivity contribution in [2.45, 2.75) is 38.8 Å². The molecule has 0 aliphatic heterocycles. The van der Waals surface area contributed by atoms with E-state index >= 15 is 0 Å². The minimum Gasteiger partial charge on any atom is -0.382 e. The van der Waals surface area contributed by atoms with Crippen LogP contribution in [0.25, 0.3) is 0 Å². The number of aryl methyl sites for hydroxylation is 3. The second-order valence-electron chi connectivity index (χ2n) is 4.86. The molecule has 0 saturated carbocycles. The molecule has 0 bridgehead atoms. The maximum atomic E-state index is 10.5. The average molecular weight is 242 g/mol. The summed E-state index contributed by atoms with van der Waals surface area (Å²) in [5.74, 6) is 0. The van der Waals surface area contributed by atoms with Gasteiger partial charge in [-0.15, -0.1) is 0 Å². The van der Waals surface area contributed by atoms with Crippen molar-refractivity contribution in [3.63, 3.8) is 0 Å². The molecule has 2 aromatic rings. The summed E-state index contributed by atoms with van der Waals surface area (Å²) in [4.78, 5) is 0. The van der Waals surface area contributed by atoms with Crippen molar-refractivity contribution in [2.75, 3.05) is 0 Å². The number of fused-ring (bicyclic) bond motifs is 1. The highest BCUT2D eigenvalue weighted by molar-refractivity contribution is 5.38. The van der Waals surface area contributed by atoms with E-state index in [-0.39, 0.29) is 0 Å². The van der Waals surface area contributed by atoms with E-state index in [1.54, 1.807) is 6.20 Å². The number of aliphatic hydroxyl groups is 1. The van der Waals surface area contributed by atoms with Gasteiger partial charge in [-0.05, 0) is 48.9 Å². The highest BCUT2D eigenvalue weighted by atomic mass is 16.3. The van der Waals surface area contributed by atoms with E-state index in [9.17, 15) is 5.11 Å². The molecule has 94 valence electrons. The van der Waals surface area contributed by atoms with Crippen LogP contribution in [0.5, 0.6) is 0 Å². The van der Waals surface area contributed by atoms with E-state index in [1.165, 1.54) is 24.0 Å². The third-order valence-electron chi connectivity index (χ3n) is 3.77. The minimum atomic E-state index is -0.571. The first-order valence-electron chi connectivity index (χ1n) is 6.61. The summed E-state index contributed by atoms with van der Waals surface area (Å²) >= 11 is 0. The number of aromatic nitrogens is 2. The molecule has 1 aromatic heterocycles. The van der Waals surface area contributed by atoms with Crippen molar-refractivity contribution in [3.8, 4) is 0 Å². The van der Waals surface area contributed by atoms with E-state index in [0.717, 1.165) is 24.2 Å². The van der Waals surface area contributed by atoms with Gasteiger partial charge < -0.3 is 5.11 Å². The van der Waals surface area contributed by atoms with Crippen LogP contribution in [0.1, 0.15) is 41.8 Å². The summed E-state index contributed by atoms with van der Waals surface area (Å²) in [6.07, 6.45) is 4.73. The molecule has 1 aromatic carbocycles. The number of benzene rings is 1. The second kappa shape index (κ2) is 4.58. The lowest BCUT2D eigenvalue weighted by Gasteiger charge is -2.14. The molecule has 1 atom stereocenters. The Bertz CT molecular complexity index is 559. The van der Waals surface area contributed by atoms with Gasteiger partial charge in [-0.1, -0.05) is 18.2 Å². The Hall–Kier alpha value is -1.61. The van der Waals surface area contributed by atoms with Crippen LogP contribution in [0, 0.1) is 0 Å². The van der Waals surface area contributed by atoms with E-state index < -0.39 is 6.10 Å². The Morgan fingerprint density at radius 1 is 1.28 bits per heavy atom. The molecule has 0 saturated heterocycles. The number of aliphatic hydroxyl groups excluding tert-OH is 1. The second-order valence-corrected chi connectivity index (χ2v) is 4.86. The van der Waals surface area contributed by atoms with E-state index in [0.29, 0.717) is 0 Å². The zero-order valence-electron chi connectivity index (χ0n) is 10.6. The predicted octanol–water partition coefficient (Wildman–Crippen LogP) is 2.47. The van der Waals surface area contributed by atoms with Gasteiger partial charge in [0.2, 0.25) is 0 Å². The summed E-state index contributed by atoms with van der Waals surface area (Å²) < 4.78 is 1.85. The van der Waals surface area contributed by atoms with Crippen molar-refractivity contribution < 1.29 is 5.11 Å². The third kappa shape index (κ3) is 1.85. The molecule has 0 amide bonds. The van der Waals surface area contributed by atoms with Gasteiger partial charge in [0, 0.05) is 12.7 Å². The number of hydrogen-bond acceptors (Lipinski definition) is 2. The number of nitrogens with zero attached hydrogens (tertiary/aromatic N) is 2. The van der Waals surface area contributed by atoms with Gasteiger partial charge in [-0.25, -0.2) is 0 Å². The fourth-order valence-electron chi connectivity index (χ4n) is 2.77. The normalized spacial score (nSPS) is 15.7. The van der Waals surface area contributed by atoms with E-state index in [1.807, 2.05) is 23.7 Å². The van der Waals surface area contributed by atoms with Crippen molar-refractivity contribution in [3.05, 3.63) is 52.8 Å². The Balaban J connectivity index is 1.95. The van der Waals surface area contributed by atoms with Crippen LogP contribution < -0.4 is 0 Å². The standard InChI is InChI=1S/C15H18N2O/c1-2-17-14(8-9-16-17)15(18)13-7-6-11-4-3-5-12(11)10-13/h6-10,15,18H,2-5H2,1H3. The first-order valence-corrected chi connectivity index (χ1v) is 6.61. The molecular weight excluding hydrogens is 224 g/mol. The van der Waals surface area contributed by atoms with Crippen LogP contribution in [-0.2, 0) is 19.4 Å². The molecule has 18 heavy (non-hydrogen) atoms. The third-order valence-corrected chi connectivity index (χ3v) is 3.77. The van der Waals surface area contributed by atoms with Crippen LogP contribution in [-0.4, -0.2) is 14.9 Å². The van der Waals surface area contributed by atoms with Gasteiger partial charge in [0.15, 0.2) is 0 Å². The Kier molecular flexibility index (Phi) is 2.92. The van der Waals surface area contributed by atoms with Gasteiger partial charge in [0.05, 0.1) is 5.69 Å². The highest BCUT2D eigenvalue weighted by Crippen LogP contribution is 2.28. The molecule has 3 heteroatoms. The molecule has 3 nitrogen and oxygen atoms in total. The monoisotopic (exact) mass is 242 g/mol. The van der Waals surface area contributed by atoms with Crippen molar-refractivity contribution in [1.29, 1.82) is 0 Å². The molecule has 0 spiro atoms. The topological polar surface area (TPSA) is 38.0 Å². The molecular formula is C15H18N2O. The largest absolute Gasteiger partial charge is 0.382 e. The fraction of sp³-hybridized carbons (Fsp3) is 0.400. The molecule has 1 N–H and O–H groups in total. The molecule has 1 aliphatic carbocycles. The maximum Gasteiger partial charge on any atom is 0.121 e. The molecule has 1 heterocycles. The van der Waals surface area contributed by atoms with Crippen LogP contribution in [0.2, 0.25) is 0 Å². The lowest BCUT2D eigenvalue weighted by Crippen LogP contribution is -2.09. The Labute approximate surface area is 107 Å². The van der Waals surface area contributed by atoms with Gasteiger partial charge in [0.25, 0.3) is 0 Å². The molecule has 0 radical (unpaired) electrons. The molecule has 1 unspecified atom stereocenters. The summed E-state index contributed by atoms with van der Waals surface area (Å²) in [5, 5.41) is 14.7. The molecule has 1 aliphatic rings. The summed E-state index contributed by atoms with van der Waals surface area (Å²) in [6, 6.07) is 8.25. The average Bonchev–Trinajstić information content (AvgIpc) is 3.05. The Morgan fingerprint density at radius 2 is 2.11 bits per heavy atom. The zero-order chi connectivity index (χ0) is 12.5. The van der Waals surface area contributed by atoms with Crippen molar-refractivity contribution in [2.24, 2.45) is 0 Å².